The van der Waals surface area contributed by atoms with Crippen molar-refractivity contribution in [3.05, 3.63) is 29.6 Å². The van der Waals surface area contributed by atoms with Gasteiger partial charge in [0.15, 0.2) is 5.78 Å². The van der Waals surface area contributed by atoms with Crippen molar-refractivity contribution in [3.63, 3.8) is 0 Å². The molecule has 2 amide bonds. The predicted molar refractivity (Wildman–Crippen MR) is 92.7 cm³/mol. The summed E-state index contributed by atoms with van der Waals surface area (Å²) < 4.78 is 13.8. The number of benzene rings is 1. The van der Waals surface area contributed by atoms with Crippen molar-refractivity contribution < 1.29 is 18.8 Å². The second-order valence-electron chi connectivity index (χ2n) is 7.04. The second-order valence-corrected chi connectivity index (χ2v) is 7.04. The Balaban J connectivity index is 1.90. The van der Waals surface area contributed by atoms with Crippen LogP contribution in [0.25, 0.3) is 0 Å². The van der Waals surface area contributed by atoms with Crippen LogP contribution in [0.3, 0.4) is 0 Å². The molecule has 1 fully saturated rings. The van der Waals surface area contributed by atoms with Crippen molar-refractivity contribution >= 4 is 23.3 Å². The fourth-order valence-electron chi connectivity index (χ4n) is 3.96. The molecule has 0 aromatic heterocycles. The van der Waals surface area contributed by atoms with Gasteiger partial charge in [-0.1, -0.05) is 32.6 Å². The van der Waals surface area contributed by atoms with Gasteiger partial charge in [0.1, 0.15) is 11.7 Å². The van der Waals surface area contributed by atoms with Crippen LogP contribution < -0.4 is 4.90 Å². The summed E-state index contributed by atoms with van der Waals surface area (Å²) >= 11 is 0. The van der Waals surface area contributed by atoms with E-state index in [1.54, 1.807) is 0 Å². The average molecular weight is 345 g/mol. The zero-order valence-corrected chi connectivity index (χ0v) is 14.6. The van der Waals surface area contributed by atoms with E-state index in [1.807, 2.05) is 6.92 Å². The first-order valence-corrected chi connectivity index (χ1v) is 9.24. The van der Waals surface area contributed by atoms with E-state index in [0.29, 0.717) is 17.7 Å². The van der Waals surface area contributed by atoms with Crippen molar-refractivity contribution in [1.29, 1.82) is 0 Å². The van der Waals surface area contributed by atoms with Gasteiger partial charge in [-0.3, -0.25) is 14.4 Å². The summed E-state index contributed by atoms with van der Waals surface area (Å²) in [5, 5.41) is 0. The molecule has 0 spiro atoms. The van der Waals surface area contributed by atoms with E-state index in [2.05, 4.69) is 0 Å². The van der Waals surface area contributed by atoms with Gasteiger partial charge in [-0.15, -0.1) is 0 Å². The van der Waals surface area contributed by atoms with E-state index in [-0.39, 0.29) is 24.0 Å². The minimum Gasteiger partial charge on any atom is -0.298 e. The van der Waals surface area contributed by atoms with Gasteiger partial charge in [0, 0.05) is 12.3 Å². The molecule has 1 atom stereocenters. The van der Waals surface area contributed by atoms with Gasteiger partial charge < -0.3 is 0 Å². The molecule has 1 aliphatic carbocycles. The maximum atomic E-state index is 13.8. The Morgan fingerprint density at radius 1 is 1.20 bits per heavy atom. The van der Waals surface area contributed by atoms with E-state index in [0.717, 1.165) is 43.4 Å². The Hall–Kier alpha value is -2.04. The zero-order chi connectivity index (χ0) is 18.0. The van der Waals surface area contributed by atoms with Crippen LogP contribution in [0.2, 0.25) is 0 Å². The first kappa shape index (κ1) is 17.8. The molecule has 1 unspecified atom stereocenters. The lowest BCUT2D eigenvalue weighted by Crippen LogP contribution is -2.37. The number of carbonyl (C=O) groups excluding carboxylic acids is 3. The Bertz CT molecular complexity index is 694. The monoisotopic (exact) mass is 345 g/mol. The molecule has 0 saturated heterocycles. The number of carbonyl (C=O) groups is 3. The van der Waals surface area contributed by atoms with Crippen LogP contribution in [-0.4, -0.2) is 17.6 Å². The highest BCUT2D eigenvalue weighted by Gasteiger charge is 2.46. The number of amides is 2. The number of fused-ring (bicyclic) bond motifs is 1. The predicted octanol–water partition coefficient (Wildman–Crippen LogP) is 4.12. The highest BCUT2D eigenvalue weighted by Crippen LogP contribution is 2.42. The Morgan fingerprint density at radius 2 is 1.92 bits per heavy atom. The normalized spacial score (nSPS) is 20.2. The minimum absolute atomic E-state index is 0.153. The molecule has 0 N–H and O–H groups in total. The Kier molecular flexibility index (Phi) is 5.30. The number of ketones is 1. The maximum absolute atomic E-state index is 13.8. The molecule has 3 rings (SSSR count). The number of unbranched alkanes of at least 4 members (excludes halogenated alkanes) is 2. The lowest BCUT2D eigenvalue weighted by Gasteiger charge is -2.17. The molecule has 1 aromatic carbocycles. The summed E-state index contributed by atoms with van der Waals surface area (Å²) in [4.78, 5) is 39.5. The fourth-order valence-corrected chi connectivity index (χ4v) is 3.96. The number of imide groups is 1. The SMILES string of the molecule is CCCCCC(=O)N1C(=O)C(C(=O)C2CCCC2)c2cc(F)ccc21. The van der Waals surface area contributed by atoms with E-state index < -0.39 is 17.6 Å². The summed E-state index contributed by atoms with van der Waals surface area (Å²) in [6.07, 6.45) is 6.37. The average Bonchev–Trinajstić information content (AvgIpc) is 3.20. The number of hydrogen-bond acceptors (Lipinski definition) is 3. The van der Waals surface area contributed by atoms with Crippen molar-refractivity contribution in [2.75, 3.05) is 4.90 Å². The summed E-state index contributed by atoms with van der Waals surface area (Å²) in [5.74, 6) is -2.62. The molecule has 5 heteroatoms. The lowest BCUT2D eigenvalue weighted by molar-refractivity contribution is -0.132. The third-order valence-corrected chi connectivity index (χ3v) is 5.29. The van der Waals surface area contributed by atoms with Crippen molar-refractivity contribution in [2.45, 2.75) is 64.2 Å². The topological polar surface area (TPSA) is 54.5 Å². The van der Waals surface area contributed by atoms with E-state index in [4.69, 9.17) is 0 Å². The number of nitrogens with zero attached hydrogens (tertiary/aromatic N) is 1. The standard InChI is InChI=1S/C20H24FNO3/c1-2-3-4-9-17(23)22-16-11-10-14(21)12-15(16)18(20(22)25)19(24)13-7-5-6-8-13/h10-13,18H,2-9H2,1H3. The molecule has 25 heavy (non-hydrogen) atoms. The van der Waals surface area contributed by atoms with Crippen molar-refractivity contribution in [2.24, 2.45) is 5.92 Å². The fraction of sp³-hybridized carbons (Fsp3) is 0.550. The number of anilines is 1. The molecule has 1 saturated carbocycles. The lowest BCUT2D eigenvalue weighted by atomic mass is 9.87. The van der Waals surface area contributed by atoms with Crippen LogP contribution in [0.15, 0.2) is 18.2 Å². The van der Waals surface area contributed by atoms with Gasteiger partial charge in [0.2, 0.25) is 11.8 Å². The molecule has 2 aliphatic rings. The number of rotatable bonds is 6. The Labute approximate surface area is 147 Å². The highest BCUT2D eigenvalue weighted by molar-refractivity contribution is 6.27. The van der Waals surface area contributed by atoms with E-state index in [9.17, 15) is 18.8 Å². The zero-order valence-electron chi connectivity index (χ0n) is 14.6. The highest BCUT2D eigenvalue weighted by atomic mass is 19.1. The number of halogens is 1. The van der Waals surface area contributed by atoms with Crippen LogP contribution in [0.1, 0.15) is 69.8 Å². The largest absolute Gasteiger partial charge is 0.298 e. The van der Waals surface area contributed by atoms with Crippen LogP contribution in [0.4, 0.5) is 10.1 Å². The Morgan fingerprint density at radius 3 is 2.60 bits per heavy atom. The smallest absolute Gasteiger partial charge is 0.248 e. The van der Waals surface area contributed by atoms with E-state index >= 15 is 0 Å². The molecule has 0 bridgehead atoms. The minimum atomic E-state index is -1.02. The third kappa shape index (κ3) is 3.37. The van der Waals surface area contributed by atoms with Gasteiger partial charge in [0.05, 0.1) is 5.69 Å². The summed E-state index contributed by atoms with van der Waals surface area (Å²) in [7, 11) is 0. The van der Waals surface area contributed by atoms with Crippen molar-refractivity contribution in [1.82, 2.24) is 0 Å². The van der Waals surface area contributed by atoms with Gasteiger partial charge >= 0.3 is 0 Å². The quantitative estimate of drug-likeness (QED) is 0.575. The molecular formula is C20H24FNO3. The van der Waals surface area contributed by atoms with Crippen molar-refractivity contribution in [3.8, 4) is 0 Å². The van der Waals surface area contributed by atoms with Gasteiger partial charge in [-0.2, -0.15) is 0 Å². The molecule has 1 aliphatic heterocycles. The molecule has 4 nitrogen and oxygen atoms in total. The molecule has 0 radical (unpaired) electrons. The second kappa shape index (κ2) is 7.46. The molecule has 1 heterocycles. The van der Waals surface area contributed by atoms with Crippen LogP contribution in [0.5, 0.6) is 0 Å². The maximum Gasteiger partial charge on any atom is 0.248 e. The molecule has 1 aromatic rings. The number of Topliss-reactive ketones (excluding diaryl/α,β-unsaturated/α-hetero) is 1. The van der Waals surface area contributed by atoms with Gasteiger partial charge in [-0.25, -0.2) is 9.29 Å². The first-order chi connectivity index (χ1) is 12.0. The number of hydrogen-bond donors (Lipinski definition) is 0. The third-order valence-electron chi connectivity index (χ3n) is 5.29. The van der Waals surface area contributed by atoms with Crippen LogP contribution >= 0.6 is 0 Å². The van der Waals surface area contributed by atoms with Gasteiger partial charge in [0.25, 0.3) is 0 Å². The van der Waals surface area contributed by atoms with Gasteiger partial charge in [-0.05, 0) is 43.0 Å². The summed E-state index contributed by atoms with van der Waals surface area (Å²) in [6.45, 7) is 2.04. The van der Waals surface area contributed by atoms with E-state index in [1.165, 1.54) is 18.2 Å². The summed E-state index contributed by atoms with van der Waals surface area (Å²) in [6, 6.07) is 3.92. The van der Waals surface area contributed by atoms with Crippen LogP contribution in [-0.2, 0) is 14.4 Å². The molecule has 134 valence electrons. The van der Waals surface area contributed by atoms with Crippen LogP contribution in [0, 0.1) is 11.7 Å². The first-order valence-electron chi connectivity index (χ1n) is 9.24. The molecular weight excluding hydrogens is 321 g/mol. The summed E-state index contributed by atoms with van der Waals surface area (Å²) in [5.41, 5.74) is 0.731.